The number of carbonyl (C=O) groups is 5. The number of oxime groups is 1. The first-order chi connectivity index (χ1) is 23.3. The van der Waals surface area contributed by atoms with Crippen LogP contribution in [0.2, 0.25) is 0 Å². The van der Waals surface area contributed by atoms with Gasteiger partial charge in [-0.25, -0.2) is 10.6 Å². The minimum absolute atomic E-state index is 0.00956. The standard InChI is InChI=1S/C36H47N7O6/c1-5-12-27(29(44)31(45)39-25-17-18-25)43(37)32(46)28-20-36(19-26(41-49-36)24-15-10-7-11-16-24)22-42(28)33(47)30(35(2,3)4)40-34(48)38-21-23-13-8-6-9-14-23/h6-11,13-16,25,27-28,30H,5,12,17-22,37H2,1-4H3,(H,39,45)(H2,38,40,48)/t27-,28-,30+,36+/m0/s1. The Kier molecular flexibility index (Phi) is 10.7. The molecule has 49 heavy (non-hydrogen) atoms. The van der Waals surface area contributed by atoms with Gasteiger partial charge in [-0.05, 0) is 35.8 Å². The number of urea groups is 1. The molecule has 1 saturated carbocycles. The summed E-state index contributed by atoms with van der Waals surface area (Å²) in [6.07, 6.45) is 2.60. The third-order valence-electron chi connectivity index (χ3n) is 9.19. The second-order valence-corrected chi connectivity index (χ2v) is 14.3. The lowest BCUT2D eigenvalue weighted by Crippen LogP contribution is -2.61. The van der Waals surface area contributed by atoms with Gasteiger partial charge < -0.3 is 25.7 Å². The number of ketones is 1. The quantitative estimate of drug-likeness (QED) is 0.116. The van der Waals surface area contributed by atoms with Gasteiger partial charge in [-0.15, -0.1) is 0 Å². The van der Waals surface area contributed by atoms with Crippen LogP contribution < -0.4 is 21.8 Å². The molecule has 2 aliphatic heterocycles. The van der Waals surface area contributed by atoms with Gasteiger partial charge in [0.25, 0.3) is 11.8 Å². The van der Waals surface area contributed by atoms with Crippen molar-refractivity contribution < 1.29 is 28.8 Å². The Labute approximate surface area is 286 Å². The van der Waals surface area contributed by atoms with Gasteiger partial charge in [0, 0.05) is 25.4 Å². The van der Waals surface area contributed by atoms with Gasteiger partial charge in [-0.2, -0.15) is 0 Å². The molecule has 5 N–H and O–H groups in total. The minimum Gasteiger partial charge on any atom is -0.387 e. The average Bonchev–Trinajstić information content (AvgIpc) is 3.69. The highest BCUT2D eigenvalue weighted by Crippen LogP contribution is 2.40. The van der Waals surface area contributed by atoms with E-state index in [-0.39, 0.29) is 32.0 Å². The molecule has 0 aromatic heterocycles. The maximum Gasteiger partial charge on any atom is 0.315 e. The van der Waals surface area contributed by atoms with E-state index in [2.05, 4.69) is 21.1 Å². The number of hydrogen-bond donors (Lipinski definition) is 4. The summed E-state index contributed by atoms with van der Waals surface area (Å²) >= 11 is 0. The minimum atomic E-state index is -1.22. The fraction of sp³-hybridized carbons (Fsp3) is 0.500. The summed E-state index contributed by atoms with van der Waals surface area (Å²) in [5, 5.41) is 13.5. The number of amides is 5. The van der Waals surface area contributed by atoms with E-state index in [1.807, 2.05) is 88.4 Å². The van der Waals surface area contributed by atoms with Crippen LogP contribution in [0, 0.1) is 5.41 Å². The molecule has 2 heterocycles. The first kappa shape index (κ1) is 35.5. The van der Waals surface area contributed by atoms with Crippen molar-refractivity contribution in [1.29, 1.82) is 0 Å². The third-order valence-corrected chi connectivity index (χ3v) is 9.19. The molecule has 2 aromatic carbocycles. The number of nitrogens with two attached hydrogens (primary N) is 1. The molecule has 0 unspecified atom stereocenters. The van der Waals surface area contributed by atoms with E-state index in [0.29, 0.717) is 18.6 Å². The number of carbonyl (C=O) groups excluding carboxylic acids is 5. The van der Waals surface area contributed by atoms with Crippen LogP contribution in [0.5, 0.6) is 0 Å². The highest BCUT2D eigenvalue weighted by Gasteiger charge is 2.56. The van der Waals surface area contributed by atoms with Gasteiger partial charge in [0.05, 0.1) is 12.3 Å². The molecule has 1 aliphatic carbocycles. The zero-order valence-electron chi connectivity index (χ0n) is 28.6. The average molecular weight is 674 g/mol. The number of hydrogen-bond acceptors (Lipinski definition) is 8. The maximum absolute atomic E-state index is 14.5. The van der Waals surface area contributed by atoms with Crippen molar-refractivity contribution in [2.45, 2.75) is 103 Å². The highest BCUT2D eigenvalue weighted by atomic mass is 16.7. The van der Waals surface area contributed by atoms with Gasteiger partial charge in [0.1, 0.15) is 18.1 Å². The molecule has 2 fully saturated rings. The normalized spacial score (nSPS) is 21.3. The Morgan fingerprint density at radius 1 is 1.04 bits per heavy atom. The molecule has 0 radical (unpaired) electrons. The molecule has 5 amide bonds. The Bertz CT molecular complexity index is 1570. The summed E-state index contributed by atoms with van der Waals surface area (Å²) in [7, 11) is 0. The number of likely N-dealkylation sites (tertiary alicyclic amines) is 1. The summed E-state index contributed by atoms with van der Waals surface area (Å²) in [5.41, 5.74) is 0.602. The molecule has 13 nitrogen and oxygen atoms in total. The third kappa shape index (κ3) is 8.45. The Morgan fingerprint density at radius 2 is 1.69 bits per heavy atom. The summed E-state index contributed by atoms with van der Waals surface area (Å²) < 4.78 is 0. The second kappa shape index (κ2) is 14.8. The zero-order chi connectivity index (χ0) is 35.3. The Morgan fingerprint density at radius 3 is 2.31 bits per heavy atom. The van der Waals surface area contributed by atoms with E-state index in [9.17, 15) is 24.0 Å². The molecule has 1 saturated heterocycles. The van der Waals surface area contributed by atoms with Gasteiger partial charge in [-0.1, -0.05) is 99.9 Å². The molecule has 3 aliphatic rings. The van der Waals surface area contributed by atoms with E-state index in [1.165, 1.54) is 4.90 Å². The molecule has 1 spiro atoms. The van der Waals surface area contributed by atoms with Crippen molar-refractivity contribution in [1.82, 2.24) is 25.9 Å². The molecule has 262 valence electrons. The summed E-state index contributed by atoms with van der Waals surface area (Å²) in [6.45, 7) is 7.54. The van der Waals surface area contributed by atoms with Crippen LogP contribution in [0.25, 0.3) is 0 Å². The van der Waals surface area contributed by atoms with Crippen molar-refractivity contribution in [3.8, 4) is 0 Å². The fourth-order valence-corrected chi connectivity index (χ4v) is 6.31. The maximum atomic E-state index is 14.5. The number of hydrazine groups is 1. The Balaban J connectivity index is 1.40. The van der Waals surface area contributed by atoms with Crippen LogP contribution >= 0.6 is 0 Å². The SMILES string of the molecule is CCC[C@@H](C(=O)C(=O)NC1CC1)N(N)C(=O)[C@@H]1C[C@]2(CC(c3ccccc3)=NO2)CN1C(=O)[C@@H](NC(=O)NCc1ccccc1)C(C)(C)C. The zero-order valence-corrected chi connectivity index (χ0v) is 28.6. The summed E-state index contributed by atoms with van der Waals surface area (Å²) in [5.74, 6) is 3.63. The fourth-order valence-electron chi connectivity index (χ4n) is 6.31. The molecule has 2 aromatic rings. The molecule has 13 heteroatoms. The topological polar surface area (TPSA) is 176 Å². The van der Waals surface area contributed by atoms with Crippen molar-refractivity contribution in [2.75, 3.05) is 6.54 Å². The first-order valence-electron chi connectivity index (χ1n) is 16.9. The van der Waals surface area contributed by atoms with Gasteiger partial charge in [0.15, 0.2) is 5.60 Å². The lowest BCUT2D eigenvalue weighted by atomic mass is 9.85. The predicted molar refractivity (Wildman–Crippen MR) is 182 cm³/mol. The smallest absolute Gasteiger partial charge is 0.315 e. The van der Waals surface area contributed by atoms with Gasteiger partial charge >= 0.3 is 6.03 Å². The van der Waals surface area contributed by atoms with Crippen molar-refractivity contribution >= 4 is 35.2 Å². The van der Waals surface area contributed by atoms with Crippen LogP contribution in [-0.2, 0) is 30.6 Å². The predicted octanol–water partition coefficient (Wildman–Crippen LogP) is 2.78. The van der Waals surface area contributed by atoms with Crippen LogP contribution in [0.4, 0.5) is 4.79 Å². The van der Waals surface area contributed by atoms with Crippen molar-refractivity contribution in [2.24, 2.45) is 16.4 Å². The number of nitrogens with zero attached hydrogens (tertiary/aromatic N) is 3. The van der Waals surface area contributed by atoms with E-state index in [1.54, 1.807) is 0 Å². The monoisotopic (exact) mass is 673 g/mol. The van der Waals surface area contributed by atoms with Crippen molar-refractivity contribution in [3.05, 3.63) is 71.8 Å². The molecule has 4 atom stereocenters. The number of rotatable bonds is 12. The van der Waals surface area contributed by atoms with E-state index in [4.69, 9.17) is 10.7 Å². The Hall–Kier alpha value is -4.78. The van der Waals surface area contributed by atoms with Crippen LogP contribution in [0.1, 0.15) is 77.3 Å². The van der Waals surface area contributed by atoms with Crippen molar-refractivity contribution in [3.63, 3.8) is 0 Å². The van der Waals surface area contributed by atoms with Gasteiger partial charge in [-0.3, -0.25) is 24.2 Å². The molecular formula is C36H47N7O6. The largest absolute Gasteiger partial charge is 0.387 e. The van der Waals surface area contributed by atoms with E-state index in [0.717, 1.165) is 29.0 Å². The number of Topliss-reactive ketones (excluding diaryl/α,β-unsaturated/α-hetero) is 1. The number of nitrogens with one attached hydrogen (secondary N) is 3. The van der Waals surface area contributed by atoms with Crippen LogP contribution in [-0.4, -0.2) is 81.5 Å². The lowest BCUT2D eigenvalue weighted by Gasteiger charge is -2.36. The molecule has 0 bridgehead atoms. The van der Waals surface area contributed by atoms with E-state index >= 15 is 0 Å². The van der Waals surface area contributed by atoms with E-state index < -0.39 is 58.7 Å². The van der Waals surface area contributed by atoms with Gasteiger partial charge in [0.2, 0.25) is 11.7 Å². The lowest BCUT2D eigenvalue weighted by molar-refractivity contribution is -0.151. The molecular weight excluding hydrogens is 626 g/mol. The highest BCUT2D eigenvalue weighted by molar-refractivity contribution is 6.38. The first-order valence-corrected chi connectivity index (χ1v) is 16.9. The second-order valence-electron chi connectivity index (χ2n) is 14.3. The van der Waals surface area contributed by atoms with Crippen LogP contribution in [0.15, 0.2) is 65.8 Å². The summed E-state index contributed by atoms with van der Waals surface area (Å²) in [4.78, 5) is 75.5. The van der Waals surface area contributed by atoms with Crippen LogP contribution in [0.3, 0.4) is 0 Å². The summed E-state index contributed by atoms with van der Waals surface area (Å²) in [6, 6.07) is 14.9. The number of benzene rings is 2. The molecule has 5 rings (SSSR count).